The first-order valence-corrected chi connectivity index (χ1v) is 15.6. The third-order valence-electron chi connectivity index (χ3n) is 7.32. The van der Waals surface area contributed by atoms with Gasteiger partial charge in [-0.25, -0.2) is 18.0 Å². The number of carbonyl (C=O) groups excluding carboxylic acids is 3. The number of fused-ring (bicyclic) bond motifs is 2. The number of alkyl halides is 3. The number of esters is 2. The van der Waals surface area contributed by atoms with E-state index >= 15 is 0 Å². The molecule has 1 atom stereocenters. The lowest BCUT2D eigenvalue weighted by molar-refractivity contribution is -0.189. The molecule has 0 unspecified atom stereocenters. The number of carbonyl (C=O) groups is 3. The maximum Gasteiger partial charge on any atom is 0.425 e. The summed E-state index contributed by atoms with van der Waals surface area (Å²) in [5.74, 6) is -1.98. The number of halogens is 3. The highest BCUT2D eigenvalue weighted by molar-refractivity contribution is 7.90. The number of anilines is 2. The molecule has 3 aromatic rings. The fourth-order valence-electron chi connectivity index (χ4n) is 5.00. The van der Waals surface area contributed by atoms with Crippen LogP contribution in [-0.4, -0.2) is 72.1 Å². The molecule has 0 saturated heterocycles. The van der Waals surface area contributed by atoms with Crippen molar-refractivity contribution in [2.45, 2.75) is 36.9 Å². The molecule has 14 heteroatoms. The van der Waals surface area contributed by atoms with E-state index in [4.69, 9.17) is 14.2 Å². The fourth-order valence-corrected chi connectivity index (χ4v) is 5.65. The molecule has 0 aliphatic carbocycles. The Hall–Kier alpha value is -4.59. The zero-order valence-electron chi connectivity index (χ0n) is 24.9. The molecule has 2 aliphatic heterocycles. The number of hydrogen-bond donors (Lipinski definition) is 1. The van der Waals surface area contributed by atoms with Gasteiger partial charge in [0.1, 0.15) is 5.75 Å². The van der Waals surface area contributed by atoms with Crippen LogP contribution in [0.2, 0.25) is 0 Å². The van der Waals surface area contributed by atoms with Crippen molar-refractivity contribution in [1.29, 1.82) is 0 Å². The molecule has 240 valence electrons. The van der Waals surface area contributed by atoms with Gasteiger partial charge in [-0.3, -0.25) is 4.79 Å². The van der Waals surface area contributed by atoms with Crippen LogP contribution in [0.5, 0.6) is 5.75 Å². The zero-order valence-corrected chi connectivity index (χ0v) is 25.7. The minimum atomic E-state index is -4.69. The highest BCUT2D eigenvalue weighted by Crippen LogP contribution is 2.35. The Morgan fingerprint density at radius 1 is 0.889 bits per heavy atom. The predicted molar refractivity (Wildman–Crippen MR) is 159 cm³/mol. The summed E-state index contributed by atoms with van der Waals surface area (Å²) in [4.78, 5) is 37.7. The van der Waals surface area contributed by atoms with E-state index in [2.05, 4.69) is 5.32 Å². The summed E-state index contributed by atoms with van der Waals surface area (Å²) in [6.45, 7) is 1.83. The molecular formula is C31H31F3N2O8S. The second-order valence-electron chi connectivity index (χ2n) is 10.2. The van der Waals surface area contributed by atoms with Gasteiger partial charge >= 0.3 is 18.1 Å². The van der Waals surface area contributed by atoms with Crippen molar-refractivity contribution in [1.82, 2.24) is 0 Å². The predicted octanol–water partition coefficient (Wildman–Crippen LogP) is 4.85. The number of nitrogens with one attached hydrogen (secondary N) is 1. The van der Waals surface area contributed by atoms with Crippen LogP contribution in [0.15, 0.2) is 59.5 Å². The number of sulfone groups is 1. The smallest absolute Gasteiger partial charge is 0.425 e. The standard InChI is InChI=1S/C21H20F3NO6S.C10H11NO2/c1-12(21(22,23)24)31-18-8-7-13(32(3,28)29)11-16(18)19(26)25-10-9-14-15(20(27)30-2)5-4-6-17(14)25;1-13-10(12)8-3-2-4-9-7(8)5-6-11-9/h4-8,11-12H,9-10H2,1-3H3;2-4,11H,5-6H2,1H3/t12-;/m0./s1. The average Bonchev–Trinajstić information content (AvgIpc) is 3.67. The van der Waals surface area contributed by atoms with Crippen LogP contribution in [-0.2, 0) is 32.2 Å². The van der Waals surface area contributed by atoms with Crippen LogP contribution in [0.25, 0.3) is 0 Å². The molecule has 45 heavy (non-hydrogen) atoms. The SMILES string of the molecule is COC(=O)c1cccc2c1CCN2.COC(=O)c1cccc2c1CCN2C(=O)c1cc(S(C)(=O)=O)ccc1O[C@@H](C)C(F)(F)F. The molecule has 2 heterocycles. The van der Waals surface area contributed by atoms with Gasteiger partial charge in [-0.2, -0.15) is 13.2 Å². The first-order valence-electron chi connectivity index (χ1n) is 13.7. The summed E-state index contributed by atoms with van der Waals surface area (Å²) in [7, 11) is -1.12. The van der Waals surface area contributed by atoms with Gasteiger partial charge in [0, 0.05) is 30.7 Å². The lowest BCUT2D eigenvalue weighted by atomic mass is 10.1. The number of methoxy groups -OCH3 is 2. The largest absolute Gasteiger partial charge is 0.480 e. The number of ether oxygens (including phenoxy) is 3. The minimum Gasteiger partial charge on any atom is -0.480 e. The van der Waals surface area contributed by atoms with Gasteiger partial charge in [0.25, 0.3) is 5.91 Å². The Morgan fingerprint density at radius 2 is 1.51 bits per heavy atom. The Morgan fingerprint density at radius 3 is 2.11 bits per heavy atom. The maximum atomic E-state index is 13.3. The van der Waals surface area contributed by atoms with Crippen molar-refractivity contribution < 1.29 is 50.2 Å². The van der Waals surface area contributed by atoms with E-state index in [0.717, 1.165) is 55.6 Å². The molecule has 0 saturated carbocycles. The van der Waals surface area contributed by atoms with Crippen LogP contribution in [0.1, 0.15) is 49.1 Å². The molecule has 0 fully saturated rings. The van der Waals surface area contributed by atoms with Crippen molar-refractivity contribution in [2.75, 3.05) is 43.8 Å². The van der Waals surface area contributed by atoms with Gasteiger partial charge in [-0.05, 0) is 73.4 Å². The van der Waals surface area contributed by atoms with E-state index in [1.807, 2.05) is 12.1 Å². The van der Waals surface area contributed by atoms with Gasteiger partial charge in [-0.15, -0.1) is 0 Å². The van der Waals surface area contributed by atoms with E-state index in [0.29, 0.717) is 23.2 Å². The van der Waals surface area contributed by atoms with E-state index in [-0.39, 0.29) is 28.5 Å². The van der Waals surface area contributed by atoms with Crippen molar-refractivity contribution in [3.05, 3.63) is 82.4 Å². The van der Waals surface area contributed by atoms with Gasteiger partial charge in [0.05, 0.1) is 35.8 Å². The van der Waals surface area contributed by atoms with Crippen LogP contribution in [0.3, 0.4) is 0 Å². The second kappa shape index (κ2) is 13.2. The Balaban J connectivity index is 0.000000293. The van der Waals surface area contributed by atoms with E-state index in [1.54, 1.807) is 24.3 Å². The van der Waals surface area contributed by atoms with Crippen LogP contribution >= 0.6 is 0 Å². The van der Waals surface area contributed by atoms with Gasteiger partial charge < -0.3 is 24.4 Å². The lowest BCUT2D eigenvalue weighted by Crippen LogP contribution is -2.33. The molecule has 0 radical (unpaired) electrons. The minimum absolute atomic E-state index is 0.138. The second-order valence-corrected chi connectivity index (χ2v) is 12.2. The van der Waals surface area contributed by atoms with E-state index in [1.165, 1.54) is 19.1 Å². The highest BCUT2D eigenvalue weighted by Gasteiger charge is 2.39. The molecule has 1 N–H and O–H groups in total. The molecule has 1 amide bonds. The molecular weight excluding hydrogens is 617 g/mol. The van der Waals surface area contributed by atoms with Crippen molar-refractivity contribution in [3.63, 3.8) is 0 Å². The molecule has 0 bridgehead atoms. The fraction of sp³-hybridized carbons (Fsp3) is 0.323. The third-order valence-corrected chi connectivity index (χ3v) is 8.43. The maximum absolute atomic E-state index is 13.3. The Labute approximate surface area is 258 Å². The Bertz CT molecular complexity index is 1740. The summed E-state index contributed by atoms with van der Waals surface area (Å²) in [6.07, 6.45) is -4.78. The molecule has 3 aromatic carbocycles. The van der Waals surface area contributed by atoms with Gasteiger partial charge in [0.15, 0.2) is 15.9 Å². The normalized spacial score (nSPS) is 14.2. The number of benzene rings is 3. The molecule has 2 aliphatic rings. The van der Waals surface area contributed by atoms with Gasteiger partial charge in [0.2, 0.25) is 0 Å². The first kappa shape index (κ1) is 33.3. The number of hydrogen-bond acceptors (Lipinski definition) is 9. The average molecular weight is 649 g/mol. The molecule has 0 aromatic heterocycles. The van der Waals surface area contributed by atoms with Crippen LogP contribution in [0.4, 0.5) is 24.5 Å². The van der Waals surface area contributed by atoms with Crippen molar-refractivity contribution >= 4 is 39.1 Å². The Kier molecular flexibility index (Phi) is 9.76. The van der Waals surface area contributed by atoms with E-state index in [9.17, 15) is 36.0 Å². The highest BCUT2D eigenvalue weighted by atomic mass is 32.2. The molecule has 5 rings (SSSR count). The zero-order chi connectivity index (χ0) is 33.1. The quantitative estimate of drug-likeness (QED) is 0.373. The summed E-state index contributed by atoms with van der Waals surface area (Å²) in [5, 5.41) is 3.21. The van der Waals surface area contributed by atoms with Crippen molar-refractivity contribution in [3.8, 4) is 5.75 Å². The first-order chi connectivity index (χ1) is 21.2. The molecule has 10 nitrogen and oxygen atoms in total. The number of rotatable bonds is 6. The molecule has 0 spiro atoms. The summed E-state index contributed by atoms with van der Waals surface area (Å²) in [6, 6.07) is 13.4. The van der Waals surface area contributed by atoms with E-state index < -0.39 is 39.7 Å². The number of amides is 1. The lowest BCUT2D eigenvalue weighted by Gasteiger charge is -2.23. The van der Waals surface area contributed by atoms with Gasteiger partial charge in [-0.1, -0.05) is 12.1 Å². The van der Waals surface area contributed by atoms with Crippen LogP contribution < -0.4 is 15.0 Å². The van der Waals surface area contributed by atoms with Crippen molar-refractivity contribution in [2.24, 2.45) is 0 Å². The third kappa shape index (κ3) is 7.22. The van der Waals surface area contributed by atoms with Crippen LogP contribution in [0, 0.1) is 0 Å². The monoisotopic (exact) mass is 648 g/mol. The summed E-state index contributed by atoms with van der Waals surface area (Å²) < 4.78 is 77.5. The number of nitrogens with zero attached hydrogens (tertiary/aromatic N) is 1. The summed E-state index contributed by atoms with van der Waals surface area (Å²) in [5.41, 5.74) is 3.70. The summed E-state index contributed by atoms with van der Waals surface area (Å²) >= 11 is 0. The topological polar surface area (TPSA) is 128 Å².